The van der Waals surface area contributed by atoms with Crippen molar-refractivity contribution < 1.29 is 13.0 Å². The average Bonchev–Trinajstić information content (AvgIpc) is 2.98. The van der Waals surface area contributed by atoms with E-state index >= 15 is 0 Å². The van der Waals surface area contributed by atoms with Crippen LogP contribution in [0, 0.1) is 18.3 Å². The van der Waals surface area contributed by atoms with Crippen LogP contribution in [-0.4, -0.2) is 36.1 Å². The molecule has 0 radical (unpaired) electrons. The molecule has 6 nitrogen and oxygen atoms in total. The third kappa shape index (κ3) is 4.61. The van der Waals surface area contributed by atoms with Crippen molar-refractivity contribution in [3.63, 3.8) is 0 Å². The van der Waals surface area contributed by atoms with E-state index in [0.717, 1.165) is 0 Å². The van der Waals surface area contributed by atoms with Gasteiger partial charge in [-0.05, 0) is 32.4 Å². The SMILES string of the molecule is CCn1nc(C)cc1/C(=C(/C#N)c1ccc([Si](C)(C)C)cc1)C(C)S(=O)(=O)O. The van der Waals surface area contributed by atoms with Crippen LogP contribution in [0.5, 0.6) is 0 Å². The normalized spacial score (nSPS) is 14.4. The number of aryl methyl sites for hydroxylation is 2. The predicted octanol–water partition coefficient (Wildman–Crippen LogP) is 3.47. The second-order valence-corrected chi connectivity index (χ2v) is 14.7. The Bertz CT molecular complexity index is 1040. The molecule has 8 heteroatoms. The van der Waals surface area contributed by atoms with E-state index in [-0.39, 0.29) is 11.1 Å². The summed E-state index contributed by atoms with van der Waals surface area (Å²) in [7, 11) is -5.91. The first-order chi connectivity index (χ1) is 12.9. The number of hydrogen-bond acceptors (Lipinski definition) is 4. The Labute approximate surface area is 168 Å². The summed E-state index contributed by atoms with van der Waals surface area (Å²) < 4.78 is 35.3. The molecule has 1 aromatic heterocycles. The smallest absolute Gasteiger partial charge is 0.271 e. The van der Waals surface area contributed by atoms with Gasteiger partial charge in [-0.15, -0.1) is 0 Å². The van der Waals surface area contributed by atoms with Gasteiger partial charge >= 0.3 is 0 Å². The van der Waals surface area contributed by atoms with E-state index in [9.17, 15) is 18.2 Å². The van der Waals surface area contributed by atoms with Crippen LogP contribution in [-0.2, 0) is 16.7 Å². The lowest BCUT2D eigenvalue weighted by Gasteiger charge is -2.19. The predicted molar refractivity (Wildman–Crippen MR) is 115 cm³/mol. The minimum atomic E-state index is -4.40. The van der Waals surface area contributed by atoms with E-state index in [1.165, 1.54) is 12.1 Å². The lowest BCUT2D eigenvalue weighted by molar-refractivity contribution is 0.478. The molecule has 2 aromatic rings. The van der Waals surface area contributed by atoms with Gasteiger partial charge in [-0.1, -0.05) is 49.1 Å². The van der Waals surface area contributed by atoms with Crippen LogP contribution in [0.2, 0.25) is 19.6 Å². The van der Waals surface area contributed by atoms with Crippen molar-refractivity contribution in [1.82, 2.24) is 9.78 Å². The molecule has 0 saturated heterocycles. The van der Waals surface area contributed by atoms with Crippen LogP contribution in [0.25, 0.3) is 11.1 Å². The maximum absolute atomic E-state index is 12.0. The molecule has 0 aliphatic heterocycles. The van der Waals surface area contributed by atoms with Crippen LogP contribution in [0.1, 0.15) is 30.8 Å². The minimum absolute atomic E-state index is 0.224. The molecule has 0 fully saturated rings. The van der Waals surface area contributed by atoms with Gasteiger partial charge in [-0.3, -0.25) is 9.23 Å². The third-order valence-corrected chi connectivity index (χ3v) is 7.95. The van der Waals surface area contributed by atoms with Gasteiger partial charge in [-0.25, -0.2) is 0 Å². The van der Waals surface area contributed by atoms with Gasteiger partial charge < -0.3 is 0 Å². The second-order valence-electron chi connectivity index (χ2n) is 7.87. The largest absolute Gasteiger partial charge is 0.285 e. The molecule has 28 heavy (non-hydrogen) atoms. The standard InChI is InChI=1S/C20H27N3O3SSi/c1-7-23-19(12-14(2)22-23)20(15(3)27(24,25)26)18(13-21)16-8-10-17(11-9-16)28(4,5)6/h8-12,15H,7H2,1-6H3,(H,24,25,26)/b20-18-. The molecule has 0 aliphatic rings. The molecule has 1 unspecified atom stereocenters. The van der Waals surface area contributed by atoms with Crippen molar-refractivity contribution >= 4 is 34.5 Å². The number of hydrogen-bond donors (Lipinski definition) is 1. The monoisotopic (exact) mass is 417 g/mol. The molecule has 0 amide bonds. The number of nitriles is 1. The number of aromatic nitrogens is 2. The van der Waals surface area contributed by atoms with E-state index in [1.807, 2.05) is 31.2 Å². The lowest BCUT2D eigenvalue weighted by Crippen LogP contribution is -2.37. The Balaban J connectivity index is 2.81. The van der Waals surface area contributed by atoms with Crippen LogP contribution < -0.4 is 5.19 Å². The fourth-order valence-corrected chi connectivity index (χ4v) is 4.81. The maximum atomic E-state index is 12.0. The summed E-state index contributed by atoms with van der Waals surface area (Å²) in [5, 5.41) is 14.3. The average molecular weight is 418 g/mol. The minimum Gasteiger partial charge on any atom is -0.285 e. The molecule has 0 aliphatic carbocycles. The van der Waals surface area contributed by atoms with Crippen LogP contribution in [0.15, 0.2) is 30.3 Å². The molecule has 0 spiro atoms. The molecule has 1 atom stereocenters. The Morgan fingerprint density at radius 3 is 2.29 bits per heavy atom. The van der Waals surface area contributed by atoms with E-state index in [1.54, 1.807) is 17.7 Å². The molecular weight excluding hydrogens is 390 g/mol. The summed E-state index contributed by atoms with van der Waals surface area (Å²) >= 11 is 0. The summed E-state index contributed by atoms with van der Waals surface area (Å²) in [4.78, 5) is 0. The molecule has 1 aromatic carbocycles. The van der Waals surface area contributed by atoms with Gasteiger partial charge in [0.2, 0.25) is 0 Å². The first-order valence-corrected chi connectivity index (χ1v) is 14.2. The van der Waals surface area contributed by atoms with Gasteiger partial charge in [-0.2, -0.15) is 18.8 Å². The third-order valence-electron chi connectivity index (χ3n) is 4.75. The van der Waals surface area contributed by atoms with Crippen molar-refractivity contribution in [3.05, 3.63) is 47.3 Å². The van der Waals surface area contributed by atoms with Crippen molar-refractivity contribution in [2.24, 2.45) is 0 Å². The first kappa shape index (κ1) is 22.1. The van der Waals surface area contributed by atoms with Crippen molar-refractivity contribution in [3.8, 4) is 6.07 Å². The summed E-state index contributed by atoms with van der Waals surface area (Å²) in [5.41, 5.74) is 2.34. The van der Waals surface area contributed by atoms with Gasteiger partial charge in [0.05, 0.1) is 25.0 Å². The fourth-order valence-electron chi connectivity index (χ4n) is 3.11. The highest BCUT2D eigenvalue weighted by Crippen LogP contribution is 2.32. The second kappa shape index (κ2) is 8.03. The van der Waals surface area contributed by atoms with Gasteiger partial charge in [0.15, 0.2) is 0 Å². The zero-order valence-corrected chi connectivity index (χ0v) is 19.0. The zero-order chi connectivity index (χ0) is 21.3. The van der Waals surface area contributed by atoms with Crippen molar-refractivity contribution in [2.75, 3.05) is 0 Å². The van der Waals surface area contributed by atoms with E-state index < -0.39 is 23.4 Å². The van der Waals surface area contributed by atoms with E-state index in [4.69, 9.17) is 0 Å². The molecule has 1 heterocycles. The van der Waals surface area contributed by atoms with Gasteiger partial charge in [0.25, 0.3) is 10.1 Å². The summed E-state index contributed by atoms with van der Waals surface area (Å²) in [6.07, 6.45) is 0. The lowest BCUT2D eigenvalue weighted by atomic mass is 9.96. The zero-order valence-electron chi connectivity index (χ0n) is 17.2. The highest BCUT2D eigenvalue weighted by molar-refractivity contribution is 7.86. The Kier molecular flexibility index (Phi) is 6.33. The van der Waals surface area contributed by atoms with Crippen LogP contribution >= 0.6 is 0 Å². The number of nitrogens with zero attached hydrogens (tertiary/aromatic N) is 3. The summed E-state index contributed by atoms with van der Waals surface area (Å²) in [6, 6.07) is 11.6. The number of rotatable bonds is 6. The van der Waals surface area contributed by atoms with Crippen LogP contribution in [0.4, 0.5) is 0 Å². The summed E-state index contributed by atoms with van der Waals surface area (Å²) in [5.74, 6) is 0. The molecule has 1 N–H and O–H groups in total. The molecule has 2 rings (SSSR count). The Hall–Kier alpha value is -2.21. The molecule has 0 bridgehead atoms. The number of allylic oxidation sites excluding steroid dienone is 1. The van der Waals surface area contributed by atoms with Gasteiger partial charge in [0, 0.05) is 12.1 Å². The highest BCUT2D eigenvalue weighted by Gasteiger charge is 2.30. The fraction of sp³-hybridized carbons (Fsp3) is 0.400. The maximum Gasteiger partial charge on any atom is 0.271 e. The topological polar surface area (TPSA) is 96.0 Å². The van der Waals surface area contributed by atoms with Crippen molar-refractivity contribution in [1.29, 1.82) is 5.26 Å². The van der Waals surface area contributed by atoms with Crippen molar-refractivity contribution in [2.45, 2.75) is 52.2 Å². The van der Waals surface area contributed by atoms with E-state index in [2.05, 4.69) is 30.8 Å². The number of benzene rings is 1. The molecular formula is C20H27N3O3SSi. The first-order valence-electron chi connectivity index (χ1n) is 9.16. The highest BCUT2D eigenvalue weighted by atomic mass is 32.2. The quantitative estimate of drug-likeness (QED) is 0.441. The molecule has 0 saturated carbocycles. The Morgan fingerprint density at radius 1 is 1.29 bits per heavy atom. The molecule has 150 valence electrons. The Morgan fingerprint density at radius 2 is 1.86 bits per heavy atom. The summed E-state index contributed by atoms with van der Waals surface area (Å²) in [6.45, 7) is 12.3. The van der Waals surface area contributed by atoms with Crippen LogP contribution in [0.3, 0.4) is 0 Å². The van der Waals surface area contributed by atoms with E-state index in [0.29, 0.717) is 23.5 Å². The van der Waals surface area contributed by atoms with Gasteiger partial charge in [0.1, 0.15) is 11.3 Å².